The lowest BCUT2D eigenvalue weighted by Gasteiger charge is -2.35. The Kier molecular flexibility index (Phi) is 5.11. The van der Waals surface area contributed by atoms with Gasteiger partial charge in [0, 0.05) is 26.2 Å². The third-order valence-corrected chi connectivity index (χ3v) is 8.10. The van der Waals surface area contributed by atoms with Crippen LogP contribution in [0.4, 0.5) is 11.6 Å². The van der Waals surface area contributed by atoms with Crippen LogP contribution in [0.2, 0.25) is 0 Å². The van der Waals surface area contributed by atoms with Crippen molar-refractivity contribution in [2.45, 2.75) is 32.6 Å². The van der Waals surface area contributed by atoms with Gasteiger partial charge in [0.1, 0.15) is 18.0 Å². The third kappa shape index (κ3) is 3.37. The van der Waals surface area contributed by atoms with E-state index in [-0.39, 0.29) is 0 Å². The Morgan fingerprint density at radius 3 is 2.20 bits per heavy atom. The van der Waals surface area contributed by atoms with Crippen LogP contribution in [0.15, 0.2) is 29.4 Å². The number of hydrogen-bond donors (Lipinski definition) is 1. The summed E-state index contributed by atoms with van der Waals surface area (Å²) in [4.78, 5) is 15.4. The maximum atomic E-state index is 13.5. The molecule has 0 atom stereocenters. The number of benzene rings is 1. The molecule has 1 aliphatic heterocycles. The summed E-state index contributed by atoms with van der Waals surface area (Å²) in [5.41, 5.74) is 9.94. The van der Waals surface area contributed by atoms with E-state index in [1.807, 2.05) is 39.8 Å². The molecule has 2 aromatic heterocycles. The van der Waals surface area contributed by atoms with Crippen LogP contribution in [-0.2, 0) is 10.0 Å². The summed E-state index contributed by atoms with van der Waals surface area (Å²) in [6, 6.07) is 5.63. The van der Waals surface area contributed by atoms with Gasteiger partial charge >= 0.3 is 0 Å². The second-order valence-corrected chi connectivity index (χ2v) is 9.66. The average molecular weight is 427 g/mol. The largest absolute Gasteiger partial charge is 0.384 e. The van der Waals surface area contributed by atoms with E-state index >= 15 is 0 Å². The molecule has 9 heteroatoms. The van der Waals surface area contributed by atoms with E-state index in [0.717, 1.165) is 33.5 Å². The third-order valence-electron chi connectivity index (χ3n) is 5.93. The van der Waals surface area contributed by atoms with Crippen LogP contribution < -0.4 is 10.6 Å². The number of aryl methyl sites for hydroxylation is 2. The average Bonchev–Trinajstić information content (AvgIpc) is 2.72. The lowest BCUT2D eigenvalue weighted by Crippen LogP contribution is -2.49. The first-order valence-corrected chi connectivity index (χ1v) is 11.3. The number of nitrogens with two attached hydrogens (primary N) is 1. The van der Waals surface area contributed by atoms with Crippen molar-refractivity contribution in [1.82, 2.24) is 19.3 Å². The van der Waals surface area contributed by atoms with Gasteiger partial charge in [0.15, 0.2) is 5.65 Å². The van der Waals surface area contributed by atoms with Gasteiger partial charge in [-0.1, -0.05) is 6.07 Å². The molecule has 30 heavy (non-hydrogen) atoms. The predicted octanol–water partition coefficient (Wildman–Crippen LogP) is 2.35. The lowest BCUT2D eigenvalue weighted by molar-refractivity contribution is 0.383. The molecular weight excluding hydrogens is 400 g/mol. The first-order valence-electron chi connectivity index (χ1n) is 9.90. The van der Waals surface area contributed by atoms with Crippen LogP contribution in [-0.4, -0.2) is 53.9 Å². The topological polar surface area (TPSA) is 105 Å². The molecule has 0 aliphatic carbocycles. The first kappa shape index (κ1) is 20.5. The summed E-state index contributed by atoms with van der Waals surface area (Å²) in [6.45, 7) is 9.55. The highest BCUT2D eigenvalue weighted by molar-refractivity contribution is 7.89. The van der Waals surface area contributed by atoms with Crippen molar-refractivity contribution in [3.05, 3.63) is 46.8 Å². The fraction of sp³-hybridized carbons (Fsp3) is 0.381. The van der Waals surface area contributed by atoms with E-state index in [1.165, 1.54) is 6.33 Å². The number of nitrogen functional groups attached to an aromatic ring is 1. The molecule has 4 rings (SSSR count). The van der Waals surface area contributed by atoms with E-state index in [2.05, 4.69) is 19.9 Å². The Bertz CT molecular complexity index is 1210. The highest BCUT2D eigenvalue weighted by Crippen LogP contribution is 2.30. The minimum Gasteiger partial charge on any atom is -0.384 e. The summed E-state index contributed by atoms with van der Waals surface area (Å²) in [6.07, 6.45) is 1.47. The van der Waals surface area contributed by atoms with Crippen LogP contribution in [0.5, 0.6) is 0 Å². The highest BCUT2D eigenvalue weighted by atomic mass is 32.2. The Balaban J connectivity index is 1.62. The number of nitrogens with zero attached hydrogens (tertiary/aromatic N) is 5. The molecule has 0 spiro atoms. The van der Waals surface area contributed by atoms with Gasteiger partial charge in [-0.3, -0.25) is 0 Å². The summed E-state index contributed by atoms with van der Waals surface area (Å²) < 4.78 is 28.5. The second-order valence-electron chi connectivity index (χ2n) is 7.79. The molecular formula is C21H26N6O2S. The van der Waals surface area contributed by atoms with Gasteiger partial charge in [0.05, 0.1) is 10.3 Å². The van der Waals surface area contributed by atoms with Crippen molar-refractivity contribution in [1.29, 1.82) is 0 Å². The molecule has 158 valence electrons. The summed E-state index contributed by atoms with van der Waals surface area (Å²) >= 11 is 0. The van der Waals surface area contributed by atoms with Crippen molar-refractivity contribution >= 4 is 32.7 Å². The number of sulfonamides is 1. The standard InChI is InChI=1S/C21H26N6O2S/c1-13-11-14(2)16(4)19(15(13)3)30(28,29)27-9-7-26(8-10-27)21-17-5-6-18(22)25-20(17)23-12-24-21/h5-6,11-12H,7-10H2,1-4H3,(H2,22,23,24,25). The predicted molar refractivity (Wildman–Crippen MR) is 118 cm³/mol. The minimum atomic E-state index is -3.58. The van der Waals surface area contributed by atoms with Gasteiger partial charge < -0.3 is 10.6 Å². The highest BCUT2D eigenvalue weighted by Gasteiger charge is 2.32. The normalized spacial score (nSPS) is 15.7. The zero-order valence-electron chi connectivity index (χ0n) is 17.7. The maximum absolute atomic E-state index is 13.5. The Labute approximate surface area is 176 Å². The number of rotatable bonds is 3. The van der Waals surface area contributed by atoms with Crippen LogP contribution in [0.25, 0.3) is 11.0 Å². The second kappa shape index (κ2) is 7.48. The number of aromatic nitrogens is 3. The van der Waals surface area contributed by atoms with E-state index in [4.69, 9.17) is 5.73 Å². The molecule has 1 saturated heterocycles. The van der Waals surface area contributed by atoms with Crippen molar-refractivity contribution in [3.8, 4) is 0 Å². The van der Waals surface area contributed by atoms with Crippen LogP contribution >= 0.6 is 0 Å². The molecule has 0 amide bonds. The molecule has 3 aromatic rings. The van der Waals surface area contributed by atoms with Gasteiger partial charge in [-0.15, -0.1) is 0 Å². The van der Waals surface area contributed by atoms with Gasteiger partial charge in [-0.05, 0) is 62.1 Å². The van der Waals surface area contributed by atoms with Crippen LogP contribution in [0, 0.1) is 27.7 Å². The Hall–Kier alpha value is -2.78. The zero-order chi connectivity index (χ0) is 21.6. The number of anilines is 2. The molecule has 1 aliphatic rings. The van der Waals surface area contributed by atoms with E-state index in [1.54, 1.807) is 10.4 Å². The molecule has 0 radical (unpaired) electrons. The van der Waals surface area contributed by atoms with Gasteiger partial charge in [-0.2, -0.15) is 4.31 Å². The minimum absolute atomic E-state index is 0.391. The number of hydrogen-bond acceptors (Lipinski definition) is 7. The Morgan fingerprint density at radius 2 is 1.57 bits per heavy atom. The molecule has 0 bridgehead atoms. The molecule has 0 saturated carbocycles. The quantitative estimate of drug-likeness (QED) is 0.685. The SMILES string of the molecule is Cc1cc(C)c(C)c(S(=O)(=O)N2CCN(c3ncnc4nc(N)ccc34)CC2)c1C. The number of piperazine rings is 1. The molecule has 2 N–H and O–H groups in total. The summed E-state index contributed by atoms with van der Waals surface area (Å²) in [5, 5.41) is 0.809. The lowest BCUT2D eigenvalue weighted by atomic mass is 10.0. The van der Waals surface area contributed by atoms with Crippen LogP contribution in [0.1, 0.15) is 22.3 Å². The van der Waals surface area contributed by atoms with Crippen molar-refractivity contribution < 1.29 is 8.42 Å². The van der Waals surface area contributed by atoms with Crippen molar-refractivity contribution in [2.75, 3.05) is 36.8 Å². The molecule has 8 nitrogen and oxygen atoms in total. The van der Waals surface area contributed by atoms with Crippen molar-refractivity contribution in [2.24, 2.45) is 0 Å². The molecule has 0 unspecified atom stereocenters. The fourth-order valence-electron chi connectivity index (χ4n) is 4.03. The van der Waals surface area contributed by atoms with Gasteiger partial charge in [-0.25, -0.2) is 23.4 Å². The van der Waals surface area contributed by atoms with Crippen molar-refractivity contribution in [3.63, 3.8) is 0 Å². The summed E-state index contributed by atoms with van der Waals surface area (Å²) in [7, 11) is -3.58. The molecule has 1 fully saturated rings. The van der Waals surface area contributed by atoms with Gasteiger partial charge in [0.25, 0.3) is 0 Å². The molecule has 1 aromatic carbocycles. The maximum Gasteiger partial charge on any atom is 0.243 e. The van der Waals surface area contributed by atoms with Gasteiger partial charge in [0.2, 0.25) is 10.0 Å². The Morgan fingerprint density at radius 1 is 0.933 bits per heavy atom. The number of pyridine rings is 1. The van der Waals surface area contributed by atoms with E-state index < -0.39 is 10.0 Å². The monoisotopic (exact) mass is 426 g/mol. The van der Waals surface area contributed by atoms with E-state index in [0.29, 0.717) is 42.5 Å². The van der Waals surface area contributed by atoms with Crippen LogP contribution in [0.3, 0.4) is 0 Å². The zero-order valence-corrected chi connectivity index (χ0v) is 18.5. The number of fused-ring (bicyclic) bond motifs is 1. The van der Waals surface area contributed by atoms with E-state index in [9.17, 15) is 8.42 Å². The first-order chi connectivity index (χ1) is 14.2. The summed E-state index contributed by atoms with van der Waals surface area (Å²) in [5.74, 6) is 1.16. The smallest absolute Gasteiger partial charge is 0.243 e. The molecule has 3 heterocycles. The fourth-order valence-corrected chi connectivity index (χ4v) is 6.03.